The van der Waals surface area contributed by atoms with Gasteiger partial charge in [-0.15, -0.1) is 46.8 Å². The van der Waals surface area contributed by atoms with Crippen LogP contribution in [0.5, 0.6) is 0 Å². The van der Waals surface area contributed by atoms with E-state index < -0.39 is 13.7 Å². The van der Waals surface area contributed by atoms with Crippen molar-refractivity contribution in [2.24, 2.45) is 0 Å². The number of aryl methyl sites for hydroxylation is 4. The predicted molar refractivity (Wildman–Crippen MR) is 228 cm³/mol. The van der Waals surface area contributed by atoms with E-state index in [4.69, 9.17) is 13.2 Å². The fourth-order valence-corrected chi connectivity index (χ4v) is 7.71. The summed E-state index contributed by atoms with van der Waals surface area (Å²) >= 11 is 1.67. The number of hydrogen-bond donors (Lipinski definition) is 0. The summed E-state index contributed by atoms with van der Waals surface area (Å²) in [7, 11) is 0. The molecule has 0 spiro atoms. The Bertz CT molecular complexity index is 2790. The van der Waals surface area contributed by atoms with E-state index in [1.807, 2.05) is 0 Å². The summed E-state index contributed by atoms with van der Waals surface area (Å²) < 4.78 is 47.3. The number of aromatic nitrogens is 3. The Kier molecular flexibility index (Phi) is 9.48. The molecule has 3 aromatic heterocycles. The van der Waals surface area contributed by atoms with Crippen molar-refractivity contribution < 1.29 is 28.3 Å². The summed E-state index contributed by atoms with van der Waals surface area (Å²) in [4.78, 5) is 9.36. The molecule has 3 nitrogen and oxygen atoms in total. The van der Waals surface area contributed by atoms with Gasteiger partial charge in [0.2, 0.25) is 0 Å². The van der Waals surface area contributed by atoms with E-state index in [1.165, 1.54) is 67.9 Å². The third-order valence-electron chi connectivity index (χ3n) is 9.40. The Balaban J connectivity index is 0.000000226. The number of nitrogens with zero attached hydrogens (tertiary/aromatic N) is 3. The summed E-state index contributed by atoms with van der Waals surface area (Å²) in [6, 6.07) is 51.8. The molecule has 5 heteroatoms. The van der Waals surface area contributed by atoms with Crippen LogP contribution in [0.2, 0.25) is 0 Å². The molecule has 0 aliphatic rings. The number of para-hydroxylation sites is 2. The van der Waals surface area contributed by atoms with Gasteiger partial charge < -0.3 is 9.55 Å². The summed E-state index contributed by atoms with van der Waals surface area (Å²) in [5.74, 6) is 0.930. The van der Waals surface area contributed by atoms with Crippen LogP contribution in [0.4, 0.5) is 0 Å². The van der Waals surface area contributed by atoms with Crippen LogP contribution in [-0.2, 0) is 26.5 Å². The molecule has 9 aromatic rings. The van der Waals surface area contributed by atoms with E-state index >= 15 is 0 Å². The molecule has 9 rings (SSSR count). The SMILES string of the molecule is CCCc1ccc2s[c-]c(-c3nc4ccccc4n3-c3c(-c4ccccc4)cc(C)cc3-c3ccccc3)c2c1.[2H]C([2H])([2H])c1c[c-]c(-c2ccc(C([2H])([2H])[2H])cn2)cc1.[Ir]. The van der Waals surface area contributed by atoms with Crippen LogP contribution in [-0.4, -0.2) is 14.5 Å². The second kappa shape index (κ2) is 16.9. The second-order valence-corrected chi connectivity index (χ2v) is 14.1. The van der Waals surface area contributed by atoms with Gasteiger partial charge in [-0.1, -0.05) is 138 Å². The van der Waals surface area contributed by atoms with Gasteiger partial charge in [-0.3, -0.25) is 16.3 Å². The standard InChI is InChI=1S/C37H29N2S.C13H12N.Ir/c1-3-12-26-19-20-35-31(23-26)32(24-40-35)37-38-33-17-10-11-18-34(33)39(37)36-29(27-13-6-4-7-14-27)21-25(2)22-30(36)28-15-8-5-9-16-28;1-10-3-6-12(7-4-10)13-8-5-11(2)9-14-13;/h4-11,13-23H,3,12H2,1-2H3;3-6,8-9H,1-2H3;/q2*-1;/i;1D3,2D3;. The Morgan fingerprint density at radius 1 is 0.727 bits per heavy atom. The topological polar surface area (TPSA) is 30.7 Å². The van der Waals surface area contributed by atoms with E-state index in [1.54, 1.807) is 23.5 Å². The van der Waals surface area contributed by atoms with Crippen molar-refractivity contribution in [3.8, 4) is 50.6 Å². The summed E-state index contributed by atoms with van der Waals surface area (Å²) in [5.41, 5.74) is 13.2. The second-order valence-electron chi connectivity index (χ2n) is 13.3. The number of hydrogen-bond acceptors (Lipinski definition) is 3. The Morgan fingerprint density at radius 3 is 2.05 bits per heavy atom. The molecule has 0 saturated carbocycles. The van der Waals surface area contributed by atoms with E-state index in [9.17, 15) is 0 Å². The molecule has 0 N–H and O–H groups in total. The molecule has 0 aliphatic carbocycles. The van der Waals surface area contributed by atoms with Crippen molar-refractivity contribution in [1.82, 2.24) is 14.5 Å². The van der Waals surface area contributed by atoms with Crippen LogP contribution in [0.3, 0.4) is 0 Å². The van der Waals surface area contributed by atoms with Gasteiger partial charge >= 0.3 is 0 Å². The molecule has 273 valence electrons. The van der Waals surface area contributed by atoms with Crippen molar-refractivity contribution in [3.63, 3.8) is 0 Å². The predicted octanol–water partition coefficient (Wildman–Crippen LogP) is 13.5. The summed E-state index contributed by atoms with van der Waals surface area (Å²) in [5, 5.41) is 4.88. The first kappa shape index (κ1) is 30.8. The number of benzene rings is 6. The Hall–Kier alpha value is -5.45. The van der Waals surface area contributed by atoms with Gasteiger partial charge in [-0.25, -0.2) is 0 Å². The van der Waals surface area contributed by atoms with Crippen LogP contribution in [0, 0.1) is 32.1 Å². The molecule has 1 radical (unpaired) electrons. The molecule has 0 unspecified atom stereocenters. The van der Waals surface area contributed by atoms with Gasteiger partial charge in [0.1, 0.15) is 0 Å². The number of thiophene rings is 1. The average molecular weight is 914 g/mol. The molecule has 6 aromatic carbocycles. The minimum absolute atomic E-state index is 0. The molecular formula is C50H41IrN3S-2. The van der Waals surface area contributed by atoms with Gasteiger partial charge in [0.25, 0.3) is 0 Å². The average Bonchev–Trinajstić information content (AvgIpc) is 3.85. The van der Waals surface area contributed by atoms with Crippen LogP contribution < -0.4 is 0 Å². The van der Waals surface area contributed by atoms with Gasteiger partial charge in [0.05, 0.1) is 22.5 Å². The monoisotopic (exact) mass is 914 g/mol. The summed E-state index contributed by atoms with van der Waals surface area (Å²) in [6.07, 6.45) is 3.49. The largest absolute Gasteiger partial charge is 0.332 e. The van der Waals surface area contributed by atoms with Gasteiger partial charge in [-0.05, 0) is 72.4 Å². The maximum Gasteiger partial charge on any atom is 0.0774 e. The molecule has 55 heavy (non-hydrogen) atoms. The maximum absolute atomic E-state index is 7.28. The van der Waals surface area contributed by atoms with Crippen LogP contribution >= 0.6 is 11.3 Å². The van der Waals surface area contributed by atoms with Crippen molar-refractivity contribution in [2.45, 2.75) is 40.4 Å². The molecular weight excluding hydrogens is 867 g/mol. The van der Waals surface area contributed by atoms with Gasteiger partial charge in [-0.2, -0.15) is 0 Å². The zero-order valence-electron chi connectivity index (χ0n) is 36.4. The first-order chi connectivity index (χ1) is 28.9. The molecule has 0 fully saturated rings. The molecule has 0 saturated heterocycles. The number of fused-ring (bicyclic) bond motifs is 2. The molecule has 0 amide bonds. The van der Waals surface area contributed by atoms with Gasteiger partial charge in [0.15, 0.2) is 0 Å². The zero-order valence-corrected chi connectivity index (χ0v) is 33.6. The number of rotatable bonds is 7. The smallest absolute Gasteiger partial charge is 0.0774 e. The first-order valence-electron chi connectivity index (χ1n) is 21.0. The first-order valence-corrected chi connectivity index (χ1v) is 18.9. The minimum atomic E-state index is -2.18. The molecule has 0 bridgehead atoms. The van der Waals surface area contributed by atoms with E-state index in [-0.39, 0.29) is 31.2 Å². The fraction of sp³-hybridized carbons (Fsp3) is 0.120. The minimum Gasteiger partial charge on any atom is -0.332 e. The van der Waals surface area contributed by atoms with Crippen molar-refractivity contribution in [2.75, 3.05) is 0 Å². The Labute approximate surface area is 350 Å². The van der Waals surface area contributed by atoms with Crippen molar-refractivity contribution in [1.29, 1.82) is 0 Å². The van der Waals surface area contributed by atoms with Crippen LogP contribution in [0.25, 0.3) is 71.7 Å². The quantitative estimate of drug-likeness (QED) is 0.149. The molecule has 3 heterocycles. The van der Waals surface area contributed by atoms with E-state index in [0.29, 0.717) is 11.3 Å². The summed E-state index contributed by atoms with van der Waals surface area (Å²) in [6.45, 7) is 0.0802. The third kappa shape index (κ3) is 8.02. The zero-order chi connectivity index (χ0) is 42.0. The fourth-order valence-electron chi connectivity index (χ4n) is 6.89. The van der Waals surface area contributed by atoms with E-state index in [0.717, 1.165) is 41.0 Å². The third-order valence-corrected chi connectivity index (χ3v) is 10.3. The molecule has 0 atom stereocenters. The number of pyridine rings is 1. The van der Waals surface area contributed by atoms with Crippen molar-refractivity contribution in [3.05, 3.63) is 185 Å². The van der Waals surface area contributed by atoms with Crippen LogP contribution in [0.15, 0.2) is 152 Å². The number of imidazole rings is 1. The Morgan fingerprint density at radius 2 is 1.42 bits per heavy atom. The van der Waals surface area contributed by atoms with Gasteiger partial charge in [0, 0.05) is 45.7 Å². The molecule has 0 aliphatic heterocycles. The van der Waals surface area contributed by atoms with E-state index in [2.05, 4.69) is 150 Å². The normalized spacial score (nSPS) is 13.0. The van der Waals surface area contributed by atoms with Crippen LogP contribution in [0.1, 0.15) is 43.8 Å². The maximum atomic E-state index is 7.28. The van der Waals surface area contributed by atoms with Crippen molar-refractivity contribution >= 4 is 32.5 Å².